The van der Waals surface area contributed by atoms with Gasteiger partial charge in [-0.05, 0) is 49.6 Å². The molecule has 0 saturated carbocycles. The smallest absolute Gasteiger partial charge is 0.276 e. The van der Waals surface area contributed by atoms with Crippen LogP contribution < -0.4 is 0 Å². The second kappa shape index (κ2) is 8.44. The molecular weight excluding hydrogens is 358 g/mol. The van der Waals surface area contributed by atoms with E-state index in [2.05, 4.69) is 45.7 Å². The maximum Gasteiger partial charge on any atom is 0.276 e. The normalized spacial score (nSPS) is 18.9. The van der Waals surface area contributed by atoms with Crippen LogP contribution in [0.3, 0.4) is 0 Å². The Hall–Kier alpha value is -1.86. The summed E-state index contributed by atoms with van der Waals surface area (Å²) in [5.74, 6) is 0.0323. The molecule has 2 fully saturated rings. The van der Waals surface area contributed by atoms with E-state index >= 15 is 0 Å². The van der Waals surface area contributed by atoms with Crippen LogP contribution in [0.1, 0.15) is 47.8 Å². The zero-order chi connectivity index (χ0) is 18.6. The standard InChI is InChI=1S/C20H27N5OS/c1-27-18-6-4-16(5-7-18)14-23-12-8-17(9-13-23)25-15-19(21-22-25)20(26)24-10-2-3-11-24/h4-7,15,17H,2-3,8-14H2,1H3. The lowest BCUT2D eigenvalue weighted by Crippen LogP contribution is -2.34. The molecule has 4 rings (SSSR count). The predicted molar refractivity (Wildman–Crippen MR) is 107 cm³/mol. The summed E-state index contributed by atoms with van der Waals surface area (Å²) >= 11 is 1.78. The minimum Gasteiger partial charge on any atom is -0.337 e. The van der Waals surface area contributed by atoms with Crippen molar-refractivity contribution in [1.29, 1.82) is 0 Å². The van der Waals surface area contributed by atoms with Crippen molar-refractivity contribution in [3.8, 4) is 0 Å². The van der Waals surface area contributed by atoms with Gasteiger partial charge in [-0.2, -0.15) is 0 Å². The van der Waals surface area contributed by atoms with Crippen molar-refractivity contribution in [2.75, 3.05) is 32.4 Å². The molecule has 0 bridgehead atoms. The number of amides is 1. The van der Waals surface area contributed by atoms with Gasteiger partial charge in [0.05, 0.1) is 12.2 Å². The first-order valence-electron chi connectivity index (χ1n) is 9.79. The first-order chi connectivity index (χ1) is 13.2. The number of carbonyl (C=O) groups is 1. The molecule has 2 saturated heterocycles. The number of piperidine rings is 1. The summed E-state index contributed by atoms with van der Waals surface area (Å²) in [6.45, 7) is 4.79. The third kappa shape index (κ3) is 4.35. The highest BCUT2D eigenvalue weighted by molar-refractivity contribution is 7.98. The van der Waals surface area contributed by atoms with Gasteiger partial charge < -0.3 is 4.90 Å². The monoisotopic (exact) mass is 385 g/mol. The Bertz CT molecular complexity index is 761. The molecule has 0 atom stereocenters. The largest absolute Gasteiger partial charge is 0.337 e. The molecule has 0 N–H and O–H groups in total. The molecule has 7 heteroatoms. The Morgan fingerprint density at radius 1 is 1.11 bits per heavy atom. The molecule has 2 aromatic rings. The van der Waals surface area contributed by atoms with Gasteiger partial charge in [-0.15, -0.1) is 16.9 Å². The molecule has 0 spiro atoms. The van der Waals surface area contributed by atoms with Gasteiger partial charge in [-0.1, -0.05) is 17.3 Å². The molecule has 27 heavy (non-hydrogen) atoms. The molecule has 2 aliphatic rings. The summed E-state index contributed by atoms with van der Waals surface area (Å²) in [6.07, 6.45) is 8.24. The number of carbonyl (C=O) groups excluding carboxylic acids is 1. The van der Waals surface area contributed by atoms with Gasteiger partial charge >= 0.3 is 0 Å². The lowest BCUT2D eigenvalue weighted by atomic mass is 10.0. The van der Waals surface area contributed by atoms with Crippen LogP contribution in [0.25, 0.3) is 0 Å². The van der Waals surface area contributed by atoms with Crippen molar-refractivity contribution >= 4 is 17.7 Å². The van der Waals surface area contributed by atoms with Gasteiger partial charge in [0, 0.05) is 37.6 Å². The maximum atomic E-state index is 12.4. The van der Waals surface area contributed by atoms with Gasteiger partial charge in [0.1, 0.15) is 0 Å². The number of nitrogens with zero attached hydrogens (tertiary/aromatic N) is 5. The summed E-state index contributed by atoms with van der Waals surface area (Å²) < 4.78 is 1.91. The molecule has 0 radical (unpaired) electrons. The Kier molecular flexibility index (Phi) is 5.78. The van der Waals surface area contributed by atoms with E-state index in [0.29, 0.717) is 11.7 Å². The van der Waals surface area contributed by atoms with Crippen LogP contribution >= 0.6 is 11.8 Å². The summed E-state index contributed by atoms with van der Waals surface area (Å²) in [4.78, 5) is 18.1. The fourth-order valence-corrected chi connectivity index (χ4v) is 4.37. The molecule has 2 aliphatic heterocycles. The molecule has 1 amide bonds. The van der Waals surface area contributed by atoms with E-state index < -0.39 is 0 Å². The van der Waals surface area contributed by atoms with Gasteiger partial charge in [0.2, 0.25) is 0 Å². The average molecular weight is 386 g/mol. The Labute approximate surface area is 164 Å². The van der Waals surface area contributed by atoms with Crippen LogP contribution in [0.4, 0.5) is 0 Å². The van der Waals surface area contributed by atoms with E-state index in [1.807, 2.05) is 15.8 Å². The first kappa shape index (κ1) is 18.5. The van der Waals surface area contributed by atoms with Gasteiger partial charge in [-0.3, -0.25) is 9.69 Å². The van der Waals surface area contributed by atoms with Crippen LogP contribution in [-0.2, 0) is 6.54 Å². The number of hydrogen-bond donors (Lipinski definition) is 0. The summed E-state index contributed by atoms with van der Waals surface area (Å²) in [6, 6.07) is 9.19. The number of likely N-dealkylation sites (tertiary alicyclic amines) is 2. The second-order valence-electron chi connectivity index (χ2n) is 7.44. The van der Waals surface area contributed by atoms with Crippen molar-refractivity contribution in [2.24, 2.45) is 0 Å². The van der Waals surface area contributed by atoms with E-state index in [4.69, 9.17) is 0 Å². The van der Waals surface area contributed by atoms with Gasteiger partial charge in [0.15, 0.2) is 5.69 Å². The molecule has 6 nitrogen and oxygen atoms in total. The van der Waals surface area contributed by atoms with Crippen LogP contribution in [0.5, 0.6) is 0 Å². The van der Waals surface area contributed by atoms with Crippen molar-refractivity contribution in [3.05, 3.63) is 41.7 Å². The fourth-order valence-electron chi connectivity index (χ4n) is 3.97. The highest BCUT2D eigenvalue weighted by atomic mass is 32.2. The SMILES string of the molecule is CSc1ccc(CN2CCC(n3cc(C(=O)N4CCCC4)nn3)CC2)cc1. The number of benzene rings is 1. The zero-order valence-electron chi connectivity index (χ0n) is 15.9. The number of hydrogen-bond acceptors (Lipinski definition) is 5. The van der Waals surface area contributed by atoms with Crippen LogP contribution in [-0.4, -0.2) is 63.1 Å². The van der Waals surface area contributed by atoms with Crippen molar-refractivity contribution in [2.45, 2.75) is 43.2 Å². The third-order valence-electron chi connectivity index (χ3n) is 5.62. The predicted octanol–water partition coefficient (Wildman–Crippen LogP) is 3.07. The van der Waals surface area contributed by atoms with E-state index in [1.165, 1.54) is 10.5 Å². The topological polar surface area (TPSA) is 54.3 Å². The number of aromatic nitrogens is 3. The lowest BCUT2D eigenvalue weighted by molar-refractivity contribution is 0.0787. The highest BCUT2D eigenvalue weighted by Crippen LogP contribution is 2.24. The fraction of sp³-hybridized carbons (Fsp3) is 0.550. The molecule has 1 aromatic carbocycles. The Morgan fingerprint density at radius 2 is 1.81 bits per heavy atom. The summed E-state index contributed by atoms with van der Waals surface area (Å²) in [5, 5.41) is 8.40. The number of rotatable bonds is 5. The van der Waals surface area contributed by atoms with Crippen molar-refractivity contribution in [3.63, 3.8) is 0 Å². The van der Waals surface area contributed by atoms with Crippen LogP contribution in [0, 0.1) is 0 Å². The Morgan fingerprint density at radius 3 is 2.48 bits per heavy atom. The van der Waals surface area contributed by atoms with E-state index in [1.54, 1.807) is 11.8 Å². The zero-order valence-corrected chi connectivity index (χ0v) is 16.7. The minimum absolute atomic E-state index is 0.0323. The van der Waals surface area contributed by atoms with Crippen LogP contribution in [0.15, 0.2) is 35.4 Å². The van der Waals surface area contributed by atoms with Gasteiger partial charge in [-0.25, -0.2) is 4.68 Å². The molecule has 0 unspecified atom stereocenters. The molecule has 144 valence electrons. The molecule has 0 aliphatic carbocycles. The second-order valence-corrected chi connectivity index (χ2v) is 8.32. The molecule has 3 heterocycles. The van der Waals surface area contributed by atoms with Crippen molar-refractivity contribution in [1.82, 2.24) is 24.8 Å². The van der Waals surface area contributed by atoms with E-state index in [-0.39, 0.29) is 5.91 Å². The van der Waals surface area contributed by atoms with Crippen LogP contribution in [0.2, 0.25) is 0 Å². The quantitative estimate of drug-likeness (QED) is 0.741. The number of thioether (sulfide) groups is 1. The van der Waals surface area contributed by atoms with Crippen molar-refractivity contribution < 1.29 is 4.79 Å². The van der Waals surface area contributed by atoms with Gasteiger partial charge in [0.25, 0.3) is 5.91 Å². The first-order valence-corrected chi connectivity index (χ1v) is 11.0. The average Bonchev–Trinajstić information content (AvgIpc) is 3.41. The molecule has 1 aromatic heterocycles. The highest BCUT2D eigenvalue weighted by Gasteiger charge is 2.25. The maximum absolute atomic E-state index is 12.4. The Balaban J connectivity index is 1.30. The lowest BCUT2D eigenvalue weighted by Gasteiger charge is -2.31. The summed E-state index contributed by atoms with van der Waals surface area (Å²) in [5.41, 5.74) is 1.86. The van der Waals surface area contributed by atoms with E-state index in [0.717, 1.165) is 58.4 Å². The van der Waals surface area contributed by atoms with E-state index in [9.17, 15) is 4.79 Å². The minimum atomic E-state index is 0.0323. The molecular formula is C20H27N5OS. The third-order valence-corrected chi connectivity index (χ3v) is 6.36. The summed E-state index contributed by atoms with van der Waals surface area (Å²) in [7, 11) is 0.